The zero-order valence-electron chi connectivity index (χ0n) is 20.9. The van der Waals surface area contributed by atoms with E-state index in [1.807, 2.05) is 0 Å². The summed E-state index contributed by atoms with van der Waals surface area (Å²) in [4.78, 5) is 0. The lowest BCUT2D eigenvalue weighted by atomic mass is 9.44. The third-order valence-electron chi connectivity index (χ3n) is 11.4. The first-order chi connectivity index (χ1) is 14.2. The van der Waals surface area contributed by atoms with Crippen LogP contribution in [0.15, 0.2) is 11.6 Å². The Labute approximate surface area is 187 Å². The lowest BCUT2D eigenvalue weighted by Crippen LogP contribution is -2.54. The number of aliphatic hydroxyl groups is 1. The van der Waals surface area contributed by atoms with Crippen molar-refractivity contribution in [3.63, 3.8) is 0 Å². The molecule has 4 aliphatic rings. The molecule has 9 atom stereocenters. The first-order valence-electron chi connectivity index (χ1n) is 13.5. The van der Waals surface area contributed by atoms with E-state index >= 15 is 0 Å². The van der Waals surface area contributed by atoms with E-state index in [-0.39, 0.29) is 6.10 Å². The molecule has 0 unspecified atom stereocenters. The summed E-state index contributed by atoms with van der Waals surface area (Å²) in [6, 6.07) is 0. The second-order valence-corrected chi connectivity index (χ2v) is 12.8. The highest BCUT2D eigenvalue weighted by Crippen LogP contribution is 2.68. The minimum absolute atomic E-state index is 0.0157. The Morgan fingerprint density at radius 3 is 2.33 bits per heavy atom. The maximum Gasteiger partial charge on any atom is 0.0543 e. The number of hydrogen-bond donors (Lipinski definition) is 1. The molecule has 1 N–H and O–H groups in total. The second-order valence-electron chi connectivity index (χ2n) is 12.8. The van der Waals surface area contributed by atoms with E-state index in [0.717, 1.165) is 48.3 Å². The van der Waals surface area contributed by atoms with Gasteiger partial charge in [-0.05, 0) is 130 Å². The summed E-state index contributed by atoms with van der Waals surface area (Å²) in [5.74, 6) is 6.17. The molecule has 0 aliphatic heterocycles. The first-order valence-corrected chi connectivity index (χ1v) is 13.5. The summed E-state index contributed by atoms with van der Waals surface area (Å²) in [5, 5.41) is 10.3. The highest BCUT2D eigenvalue weighted by atomic mass is 16.3. The van der Waals surface area contributed by atoms with Gasteiger partial charge in [0.25, 0.3) is 0 Å². The fourth-order valence-electron chi connectivity index (χ4n) is 9.57. The van der Waals surface area contributed by atoms with Gasteiger partial charge in [-0.2, -0.15) is 0 Å². The van der Waals surface area contributed by atoms with Crippen molar-refractivity contribution in [2.45, 2.75) is 118 Å². The van der Waals surface area contributed by atoms with E-state index in [4.69, 9.17) is 0 Å². The average Bonchev–Trinajstić information content (AvgIpc) is 3.06. The van der Waals surface area contributed by atoms with Crippen LogP contribution in [0.4, 0.5) is 0 Å². The van der Waals surface area contributed by atoms with Crippen LogP contribution in [0.3, 0.4) is 0 Å². The smallest absolute Gasteiger partial charge is 0.0543 e. The number of aliphatic hydroxyl groups excluding tert-OH is 1. The van der Waals surface area contributed by atoms with Crippen LogP contribution in [0, 0.1) is 52.3 Å². The third kappa shape index (κ3) is 3.74. The van der Waals surface area contributed by atoms with Gasteiger partial charge in [0.15, 0.2) is 0 Å². The molecule has 0 spiro atoms. The normalized spacial score (nSPS) is 47.5. The number of fused-ring (bicyclic) bond motifs is 5. The second kappa shape index (κ2) is 8.57. The van der Waals surface area contributed by atoms with Crippen LogP contribution in [0.1, 0.15) is 112 Å². The maximum absolute atomic E-state index is 10.3. The SMILES string of the molecule is C/C=C(/CC[C@@H](C)[C@H]1CC[C@H]2[C@@H]3CC[C@H]4C[C@@H](O)CC[C@]4(C)[C@H]3CC[C@]12C)C(C)C. The van der Waals surface area contributed by atoms with Gasteiger partial charge in [0.1, 0.15) is 0 Å². The van der Waals surface area contributed by atoms with E-state index < -0.39 is 0 Å². The lowest BCUT2D eigenvalue weighted by molar-refractivity contribution is -0.129. The fourth-order valence-corrected chi connectivity index (χ4v) is 9.57. The minimum atomic E-state index is -0.0157. The molecule has 172 valence electrons. The van der Waals surface area contributed by atoms with Crippen molar-refractivity contribution in [3.05, 3.63) is 11.6 Å². The highest BCUT2D eigenvalue weighted by molar-refractivity contribution is 5.10. The Kier molecular flexibility index (Phi) is 6.53. The number of hydrogen-bond acceptors (Lipinski definition) is 1. The summed E-state index contributed by atoms with van der Waals surface area (Å²) in [6.45, 7) is 14.9. The molecule has 0 amide bonds. The van der Waals surface area contributed by atoms with E-state index in [0.29, 0.717) is 16.7 Å². The molecule has 1 heteroatoms. The van der Waals surface area contributed by atoms with Crippen LogP contribution in [-0.4, -0.2) is 11.2 Å². The van der Waals surface area contributed by atoms with Crippen LogP contribution < -0.4 is 0 Å². The van der Waals surface area contributed by atoms with Gasteiger partial charge >= 0.3 is 0 Å². The molecule has 0 aromatic rings. The predicted molar refractivity (Wildman–Crippen MR) is 128 cm³/mol. The lowest BCUT2D eigenvalue weighted by Gasteiger charge is -2.61. The van der Waals surface area contributed by atoms with Gasteiger partial charge < -0.3 is 5.11 Å². The summed E-state index contributed by atoms with van der Waals surface area (Å²) in [7, 11) is 0. The average molecular weight is 415 g/mol. The Morgan fingerprint density at radius 1 is 0.933 bits per heavy atom. The predicted octanol–water partition coefficient (Wildman–Crippen LogP) is 8.02. The Morgan fingerprint density at radius 2 is 1.63 bits per heavy atom. The third-order valence-corrected chi connectivity index (χ3v) is 11.4. The zero-order chi connectivity index (χ0) is 21.7. The summed E-state index contributed by atoms with van der Waals surface area (Å²) < 4.78 is 0. The maximum atomic E-state index is 10.3. The molecule has 4 fully saturated rings. The van der Waals surface area contributed by atoms with E-state index in [1.165, 1.54) is 57.8 Å². The molecular formula is C29H50O. The Bertz CT molecular complexity index is 634. The topological polar surface area (TPSA) is 20.2 Å². The van der Waals surface area contributed by atoms with Gasteiger partial charge in [0.05, 0.1) is 6.10 Å². The van der Waals surface area contributed by atoms with Crippen LogP contribution in [-0.2, 0) is 0 Å². The van der Waals surface area contributed by atoms with Crippen molar-refractivity contribution in [3.8, 4) is 0 Å². The Balaban J connectivity index is 1.46. The Hall–Kier alpha value is -0.300. The molecule has 30 heavy (non-hydrogen) atoms. The molecule has 0 aromatic heterocycles. The van der Waals surface area contributed by atoms with Crippen LogP contribution in [0.25, 0.3) is 0 Å². The molecule has 4 saturated carbocycles. The zero-order valence-corrected chi connectivity index (χ0v) is 20.9. The molecule has 4 aliphatic carbocycles. The van der Waals surface area contributed by atoms with Crippen LogP contribution in [0.2, 0.25) is 0 Å². The highest BCUT2D eigenvalue weighted by Gasteiger charge is 2.60. The molecule has 1 nitrogen and oxygen atoms in total. The van der Waals surface area contributed by atoms with Gasteiger partial charge in [0.2, 0.25) is 0 Å². The van der Waals surface area contributed by atoms with Crippen LogP contribution in [0.5, 0.6) is 0 Å². The van der Waals surface area contributed by atoms with Gasteiger partial charge in [-0.15, -0.1) is 0 Å². The van der Waals surface area contributed by atoms with Crippen molar-refractivity contribution >= 4 is 0 Å². The van der Waals surface area contributed by atoms with Crippen molar-refractivity contribution in [2.24, 2.45) is 52.3 Å². The van der Waals surface area contributed by atoms with Crippen molar-refractivity contribution < 1.29 is 5.11 Å². The molecular weight excluding hydrogens is 364 g/mol. The quantitative estimate of drug-likeness (QED) is 0.451. The summed E-state index contributed by atoms with van der Waals surface area (Å²) >= 11 is 0. The largest absolute Gasteiger partial charge is 0.393 e. The molecule has 0 radical (unpaired) electrons. The van der Waals surface area contributed by atoms with Crippen molar-refractivity contribution in [1.82, 2.24) is 0 Å². The fraction of sp³-hybridized carbons (Fsp3) is 0.931. The standard InChI is InChI=1S/C29H50O/c1-7-21(19(2)3)9-8-20(4)25-12-13-26-24-11-10-22-18-23(30)14-16-28(22,5)27(24)15-17-29(25,26)6/h7,19-20,22-27,30H,8-18H2,1-6H3/b21-7-/t20-,22+,23+,24+,25-,26+,27+,28+,29-/m1/s1. The molecule has 0 heterocycles. The van der Waals surface area contributed by atoms with Crippen molar-refractivity contribution in [2.75, 3.05) is 0 Å². The number of allylic oxidation sites excluding steroid dienone is 2. The monoisotopic (exact) mass is 414 g/mol. The van der Waals surface area contributed by atoms with Gasteiger partial charge in [-0.25, -0.2) is 0 Å². The molecule has 0 aromatic carbocycles. The minimum Gasteiger partial charge on any atom is -0.393 e. The first kappa shape index (κ1) is 22.9. The number of rotatable bonds is 5. The summed E-state index contributed by atoms with van der Waals surface area (Å²) in [5.41, 5.74) is 2.77. The summed E-state index contributed by atoms with van der Waals surface area (Å²) in [6.07, 6.45) is 17.2. The van der Waals surface area contributed by atoms with E-state index in [2.05, 4.69) is 47.6 Å². The molecule has 0 bridgehead atoms. The van der Waals surface area contributed by atoms with Crippen LogP contribution >= 0.6 is 0 Å². The van der Waals surface area contributed by atoms with Gasteiger partial charge in [-0.1, -0.05) is 46.3 Å². The van der Waals surface area contributed by atoms with E-state index in [9.17, 15) is 5.11 Å². The molecule has 0 saturated heterocycles. The van der Waals surface area contributed by atoms with E-state index in [1.54, 1.807) is 5.57 Å². The van der Waals surface area contributed by atoms with Crippen molar-refractivity contribution in [1.29, 1.82) is 0 Å². The van der Waals surface area contributed by atoms with Gasteiger partial charge in [0, 0.05) is 0 Å². The van der Waals surface area contributed by atoms with Gasteiger partial charge in [-0.3, -0.25) is 0 Å². The molecule has 4 rings (SSSR count).